The van der Waals surface area contributed by atoms with Crippen molar-refractivity contribution in [2.75, 3.05) is 52.9 Å². The van der Waals surface area contributed by atoms with Gasteiger partial charge in [-0.05, 0) is 141 Å². The molecule has 2 aliphatic rings. The average molecular weight is 1200 g/mol. The number of aryl methyl sites for hydroxylation is 2. The SMILES string of the molecule is CCOC(=O)c1c[nH]c(P(Oc2ccc3c(c2-c2c(OP(c4[nH]cc(C(=O)OCC)c4C(=O)OCC)c4[nH]cc(C(=O)OCC)c4C(=O)OCC)ccc4c2CCCC4)CCCC3)c2[nH]cc(C(=O)OCC)c2C(=O)OCC)c1C(=O)OCC. The zero-order valence-electron chi connectivity index (χ0n) is 48.2. The molecule has 0 amide bonds. The van der Waals surface area contributed by atoms with Gasteiger partial charge in [0.15, 0.2) is 16.3 Å². The van der Waals surface area contributed by atoms with Crippen LogP contribution >= 0.6 is 16.3 Å². The number of nitrogens with one attached hydrogen (secondary N) is 4. The van der Waals surface area contributed by atoms with E-state index in [-0.39, 0.29) is 131 Å². The molecule has 6 aromatic rings. The van der Waals surface area contributed by atoms with E-state index in [0.29, 0.717) is 36.8 Å². The second-order valence-electron chi connectivity index (χ2n) is 18.8. The van der Waals surface area contributed by atoms with Gasteiger partial charge in [-0.1, -0.05) is 12.1 Å². The predicted molar refractivity (Wildman–Crippen MR) is 310 cm³/mol. The van der Waals surface area contributed by atoms with Crippen molar-refractivity contribution < 1.29 is 85.3 Å². The molecule has 0 radical (unpaired) electrons. The number of H-pyrrole nitrogens is 4. The summed E-state index contributed by atoms with van der Waals surface area (Å²) in [5.74, 6) is -6.62. The number of aromatic nitrogens is 4. The molecule has 446 valence electrons. The van der Waals surface area contributed by atoms with Gasteiger partial charge in [0, 0.05) is 35.9 Å². The number of fused-ring (bicyclic) bond motifs is 2. The monoisotopic (exact) mass is 1190 g/mol. The molecule has 24 heteroatoms. The van der Waals surface area contributed by atoms with Crippen LogP contribution in [0.3, 0.4) is 0 Å². The summed E-state index contributed by atoms with van der Waals surface area (Å²) in [6.45, 7) is 12.4. The van der Waals surface area contributed by atoms with Crippen LogP contribution in [0.1, 0.15) is 186 Å². The minimum Gasteiger partial charge on any atom is -0.462 e. The van der Waals surface area contributed by atoms with Gasteiger partial charge in [-0.3, -0.25) is 0 Å². The van der Waals surface area contributed by atoms with Crippen LogP contribution in [-0.4, -0.2) is 121 Å². The number of carbonyl (C=O) groups is 8. The number of rotatable bonds is 25. The van der Waals surface area contributed by atoms with Crippen molar-refractivity contribution in [1.82, 2.24) is 19.9 Å². The van der Waals surface area contributed by atoms with E-state index in [1.165, 1.54) is 24.8 Å². The van der Waals surface area contributed by atoms with E-state index in [4.69, 9.17) is 46.9 Å². The second-order valence-corrected chi connectivity index (χ2v) is 22.1. The summed E-state index contributed by atoms with van der Waals surface area (Å²) in [7, 11) is -5.24. The van der Waals surface area contributed by atoms with Crippen molar-refractivity contribution in [3.8, 4) is 22.6 Å². The highest BCUT2D eigenvalue weighted by molar-refractivity contribution is 7.69. The fraction of sp³-hybridized carbons (Fsp3) is 0.400. The Morgan fingerprint density at radius 2 is 0.583 bits per heavy atom. The Balaban J connectivity index is 1.46. The predicted octanol–water partition coefficient (Wildman–Crippen LogP) is 8.69. The third-order valence-corrected chi connectivity index (χ3v) is 17.6. The molecule has 2 aromatic carbocycles. The Morgan fingerprint density at radius 1 is 0.345 bits per heavy atom. The van der Waals surface area contributed by atoms with Gasteiger partial charge in [0.1, 0.15) is 33.8 Å². The fourth-order valence-corrected chi connectivity index (χ4v) is 14.2. The van der Waals surface area contributed by atoms with Crippen molar-refractivity contribution >= 4 is 85.8 Å². The van der Waals surface area contributed by atoms with Gasteiger partial charge in [0.05, 0.1) is 96.8 Å². The molecule has 0 saturated carbocycles. The fourth-order valence-electron chi connectivity index (χ4n) is 10.3. The first kappa shape index (κ1) is 61.8. The van der Waals surface area contributed by atoms with Gasteiger partial charge >= 0.3 is 47.8 Å². The van der Waals surface area contributed by atoms with Crippen molar-refractivity contribution in [2.24, 2.45) is 0 Å². The normalized spacial score (nSPS) is 12.6. The van der Waals surface area contributed by atoms with Crippen LogP contribution in [0, 0.1) is 0 Å². The number of hydrogen-bond donors (Lipinski definition) is 4. The maximum Gasteiger partial charge on any atom is 0.341 e. The van der Waals surface area contributed by atoms with E-state index >= 15 is 0 Å². The summed E-state index contributed by atoms with van der Waals surface area (Å²) in [4.78, 5) is 125. The van der Waals surface area contributed by atoms with E-state index in [9.17, 15) is 38.4 Å². The molecule has 22 nitrogen and oxygen atoms in total. The minimum atomic E-state index is -2.62. The topological polar surface area (TPSA) is 292 Å². The Labute approximate surface area is 487 Å². The van der Waals surface area contributed by atoms with Gasteiger partial charge in [0.25, 0.3) is 0 Å². The molecule has 4 N–H and O–H groups in total. The largest absolute Gasteiger partial charge is 0.462 e. The van der Waals surface area contributed by atoms with Crippen LogP contribution in [0.5, 0.6) is 11.5 Å². The first-order chi connectivity index (χ1) is 40.7. The molecule has 0 bridgehead atoms. The van der Waals surface area contributed by atoms with Crippen LogP contribution in [-0.2, 0) is 63.6 Å². The van der Waals surface area contributed by atoms with E-state index in [0.717, 1.165) is 47.9 Å². The minimum absolute atomic E-state index is 0.000599. The maximum atomic E-state index is 14.3. The highest BCUT2D eigenvalue weighted by Crippen LogP contribution is 2.53. The third-order valence-electron chi connectivity index (χ3n) is 13.8. The van der Waals surface area contributed by atoms with Gasteiger partial charge in [-0.2, -0.15) is 0 Å². The van der Waals surface area contributed by atoms with Gasteiger partial charge in [0.2, 0.25) is 0 Å². The molecule has 0 saturated heterocycles. The quantitative estimate of drug-likeness (QED) is 0.0237. The van der Waals surface area contributed by atoms with Crippen molar-refractivity contribution in [3.05, 3.63) is 116 Å². The molecule has 0 aliphatic heterocycles. The molecule has 0 spiro atoms. The zero-order chi connectivity index (χ0) is 60.2. The first-order valence-electron chi connectivity index (χ1n) is 28.2. The number of aromatic amines is 4. The van der Waals surface area contributed by atoms with E-state index in [1.54, 1.807) is 67.5 Å². The van der Waals surface area contributed by atoms with Crippen LogP contribution in [0.15, 0.2) is 49.1 Å². The van der Waals surface area contributed by atoms with Gasteiger partial charge in [-0.25, -0.2) is 38.4 Å². The van der Waals surface area contributed by atoms with Crippen molar-refractivity contribution in [1.29, 1.82) is 0 Å². The lowest BCUT2D eigenvalue weighted by Gasteiger charge is -2.30. The molecule has 0 fully saturated rings. The zero-order valence-corrected chi connectivity index (χ0v) is 50.0. The van der Waals surface area contributed by atoms with Gasteiger partial charge < -0.3 is 66.9 Å². The molecule has 0 atom stereocenters. The Kier molecular flexibility index (Phi) is 20.9. The highest BCUT2D eigenvalue weighted by Gasteiger charge is 2.42. The smallest absolute Gasteiger partial charge is 0.341 e. The first-order valence-corrected chi connectivity index (χ1v) is 30.7. The summed E-state index contributed by atoms with van der Waals surface area (Å²) in [5, 5.41) is 0. The molecule has 4 aromatic heterocycles. The van der Waals surface area contributed by atoms with Crippen LogP contribution in [0.2, 0.25) is 0 Å². The Bertz CT molecular complexity index is 3080. The number of ether oxygens (including phenoxy) is 8. The third kappa shape index (κ3) is 12.6. The summed E-state index contributed by atoms with van der Waals surface area (Å²) >= 11 is 0. The van der Waals surface area contributed by atoms with E-state index < -0.39 is 64.1 Å². The number of benzene rings is 2. The molecule has 2 aliphatic carbocycles. The molecule has 84 heavy (non-hydrogen) atoms. The second kappa shape index (κ2) is 28.4. The summed E-state index contributed by atoms with van der Waals surface area (Å²) < 4.78 is 59.0. The maximum absolute atomic E-state index is 14.3. The number of esters is 8. The Morgan fingerprint density at radius 3 is 0.833 bits per heavy atom. The molecular weight excluding hydrogens is 1130 g/mol. The van der Waals surface area contributed by atoms with Crippen LogP contribution < -0.4 is 30.8 Å². The summed E-state index contributed by atoms with van der Waals surface area (Å²) in [6.07, 6.45) is 10.9. The number of carbonyl (C=O) groups excluding carboxylic acids is 8. The lowest BCUT2D eigenvalue weighted by atomic mass is 9.80. The number of hydrogen-bond acceptors (Lipinski definition) is 18. The lowest BCUT2D eigenvalue weighted by molar-refractivity contribution is 0.0481. The highest BCUT2D eigenvalue weighted by atomic mass is 31.1. The van der Waals surface area contributed by atoms with E-state index in [2.05, 4.69) is 19.9 Å². The molecular formula is C60H68N4O18P2. The van der Waals surface area contributed by atoms with Crippen LogP contribution in [0.25, 0.3) is 11.1 Å². The molecule has 0 unspecified atom stereocenters. The van der Waals surface area contributed by atoms with E-state index in [1.807, 2.05) is 12.1 Å². The standard InChI is InChI=1S/C60H68N4O18P2/c1-9-73-53(65)37-29-61-49(45(37)57(69)77-13-5)83(50-46(58(70)78-14-6)38(30-62-50)54(66)74-10-2)81-41-27-25-33-21-17-19-23-35(33)43(41)44-36-24-20-18-22-34(36)26-28-42(44)82-84(51-47(59(71)79-15-7)39(31-63-51)55(67)75-11-3)52-48(60(72)80-16-8)40(32-64-52)56(68)76-12-4/h25-32,61-64H,9-24H2,1-8H3. The van der Waals surface area contributed by atoms with Crippen molar-refractivity contribution in [3.63, 3.8) is 0 Å². The summed E-state index contributed by atoms with van der Waals surface area (Å²) in [6, 6.07) is 7.46. The Hall–Kier alpha value is -8.22. The lowest BCUT2D eigenvalue weighted by Crippen LogP contribution is -2.29. The molecule has 4 heterocycles. The molecule has 8 rings (SSSR count). The average Bonchev–Trinajstić information content (AvgIpc) is 2.59. The van der Waals surface area contributed by atoms with Crippen molar-refractivity contribution in [2.45, 2.75) is 107 Å². The van der Waals surface area contributed by atoms with Gasteiger partial charge in [-0.15, -0.1) is 0 Å². The van der Waals surface area contributed by atoms with Crippen LogP contribution in [0.4, 0.5) is 0 Å². The summed E-state index contributed by atoms with van der Waals surface area (Å²) in [5.41, 5.74) is 3.14.